The van der Waals surface area contributed by atoms with Crippen molar-refractivity contribution in [3.05, 3.63) is 90.0 Å². The van der Waals surface area contributed by atoms with E-state index in [9.17, 15) is 9.67 Å². The molecule has 2 nitrogen and oxygen atoms in total. The first-order chi connectivity index (χ1) is 12.8. The Morgan fingerprint density at radius 3 is 1.70 bits per heavy atom. The third-order valence-electron chi connectivity index (χ3n) is 5.28. The molecule has 1 aliphatic rings. The standard InChI is InChI=1S/C24H25O2P/c1-23(2,3)17-24(25)19-13-7-9-15-21(19)27(26,18-11-5-4-6-12-18)22-16-10-8-14-20(22)24/h4-16,25H,17H2,1-3H3. The van der Waals surface area contributed by atoms with Crippen LogP contribution in [0.3, 0.4) is 0 Å². The van der Waals surface area contributed by atoms with Crippen LogP contribution in [-0.4, -0.2) is 5.11 Å². The lowest BCUT2D eigenvalue weighted by molar-refractivity contribution is 0.0375. The highest BCUT2D eigenvalue weighted by molar-refractivity contribution is 7.85. The van der Waals surface area contributed by atoms with Crippen molar-refractivity contribution < 1.29 is 9.67 Å². The maximum Gasteiger partial charge on any atom is 0.171 e. The van der Waals surface area contributed by atoms with E-state index in [0.29, 0.717) is 6.42 Å². The van der Waals surface area contributed by atoms with Crippen LogP contribution >= 0.6 is 7.14 Å². The Morgan fingerprint density at radius 1 is 0.778 bits per heavy atom. The lowest BCUT2D eigenvalue weighted by atomic mass is 9.74. The predicted octanol–water partition coefficient (Wildman–Crippen LogP) is 4.31. The van der Waals surface area contributed by atoms with Gasteiger partial charge in [0.25, 0.3) is 0 Å². The molecule has 0 unspecified atom stereocenters. The van der Waals surface area contributed by atoms with E-state index in [1.807, 2.05) is 78.9 Å². The van der Waals surface area contributed by atoms with Crippen molar-refractivity contribution in [2.24, 2.45) is 5.41 Å². The van der Waals surface area contributed by atoms with Crippen molar-refractivity contribution in [2.75, 3.05) is 0 Å². The molecule has 0 atom stereocenters. The fraction of sp³-hybridized carbons (Fsp3) is 0.250. The Morgan fingerprint density at radius 2 is 1.22 bits per heavy atom. The van der Waals surface area contributed by atoms with Crippen molar-refractivity contribution in [2.45, 2.75) is 32.8 Å². The smallest absolute Gasteiger partial charge is 0.171 e. The Hall–Kier alpha value is -2.15. The number of fused-ring (bicyclic) bond motifs is 2. The fourth-order valence-corrected chi connectivity index (χ4v) is 7.54. The molecule has 27 heavy (non-hydrogen) atoms. The van der Waals surface area contributed by atoms with E-state index < -0.39 is 12.7 Å². The quantitative estimate of drug-likeness (QED) is 0.677. The van der Waals surface area contributed by atoms with Gasteiger partial charge in [0.15, 0.2) is 7.14 Å². The molecule has 0 amide bonds. The van der Waals surface area contributed by atoms with Gasteiger partial charge < -0.3 is 9.67 Å². The van der Waals surface area contributed by atoms with Crippen LogP contribution in [0.15, 0.2) is 78.9 Å². The van der Waals surface area contributed by atoms with Gasteiger partial charge in [0.05, 0.1) is 0 Å². The van der Waals surface area contributed by atoms with Gasteiger partial charge in [-0.2, -0.15) is 0 Å². The summed E-state index contributed by atoms with van der Waals surface area (Å²) in [7, 11) is -3.05. The number of benzene rings is 3. The average molecular weight is 376 g/mol. The number of rotatable bonds is 2. The predicted molar refractivity (Wildman–Crippen MR) is 113 cm³/mol. The fourth-order valence-electron chi connectivity index (χ4n) is 4.34. The lowest BCUT2D eigenvalue weighted by Crippen LogP contribution is -2.47. The molecule has 0 radical (unpaired) electrons. The van der Waals surface area contributed by atoms with Crippen LogP contribution in [0.4, 0.5) is 0 Å². The normalized spacial score (nSPS) is 24.1. The zero-order chi connectivity index (χ0) is 19.3. The van der Waals surface area contributed by atoms with Crippen molar-refractivity contribution in [1.29, 1.82) is 0 Å². The molecule has 3 aromatic carbocycles. The summed E-state index contributed by atoms with van der Waals surface area (Å²) in [4.78, 5) is 0. The van der Waals surface area contributed by atoms with Crippen molar-refractivity contribution in [1.82, 2.24) is 0 Å². The summed E-state index contributed by atoms with van der Waals surface area (Å²) in [6, 6.07) is 25.1. The van der Waals surface area contributed by atoms with E-state index in [1.54, 1.807) is 0 Å². The Bertz CT molecular complexity index is 980. The van der Waals surface area contributed by atoms with Gasteiger partial charge in [0, 0.05) is 15.9 Å². The topological polar surface area (TPSA) is 37.3 Å². The summed E-state index contributed by atoms with van der Waals surface area (Å²) < 4.78 is 14.6. The van der Waals surface area contributed by atoms with Gasteiger partial charge in [0.2, 0.25) is 0 Å². The number of aliphatic hydroxyl groups is 1. The molecule has 0 saturated heterocycles. The van der Waals surface area contributed by atoms with Gasteiger partial charge in [-0.1, -0.05) is 99.6 Å². The molecular weight excluding hydrogens is 351 g/mol. The second kappa shape index (κ2) is 6.19. The highest BCUT2D eigenvalue weighted by atomic mass is 31.2. The third-order valence-corrected chi connectivity index (χ3v) is 8.45. The van der Waals surface area contributed by atoms with Crippen molar-refractivity contribution >= 4 is 23.1 Å². The molecule has 0 fully saturated rings. The molecule has 1 N–H and O–H groups in total. The third kappa shape index (κ3) is 2.79. The maximum absolute atomic E-state index is 14.6. The van der Waals surface area contributed by atoms with Crippen LogP contribution in [0.1, 0.15) is 38.3 Å². The van der Waals surface area contributed by atoms with Gasteiger partial charge in [-0.3, -0.25) is 0 Å². The summed E-state index contributed by atoms with van der Waals surface area (Å²) in [5, 5.41) is 14.3. The van der Waals surface area contributed by atoms with E-state index in [0.717, 1.165) is 27.0 Å². The minimum Gasteiger partial charge on any atom is -0.380 e. The largest absolute Gasteiger partial charge is 0.380 e. The van der Waals surface area contributed by atoms with Crippen LogP contribution in [-0.2, 0) is 10.2 Å². The molecular formula is C24H25O2P. The molecule has 1 heterocycles. The molecule has 138 valence electrons. The second-order valence-electron chi connectivity index (χ2n) is 8.58. The molecule has 0 aliphatic carbocycles. The van der Waals surface area contributed by atoms with Gasteiger partial charge in [-0.05, 0) is 23.0 Å². The van der Waals surface area contributed by atoms with E-state index in [4.69, 9.17) is 0 Å². The van der Waals surface area contributed by atoms with Gasteiger partial charge in [-0.15, -0.1) is 0 Å². The second-order valence-corrected chi connectivity index (χ2v) is 11.3. The molecule has 0 spiro atoms. The maximum atomic E-state index is 14.6. The molecule has 4 rings (SSSR count). The van der Waals surface area contributed by atoms with Gasteiger partial charge >= 0.3 is 0 Å². The first kappa shape index (κ1) is 18.2. The van der Waals surface area contributed by atoms with E-state index >= 15 is 0 Å². The van der Waals surface area contributed by atoms with Gasteiger partial charge in [-0.25, -0.2) is 0 Å². The summed E-state index contributed by atoms with van der Waals surface area (Å²) >= 11 is 0. The zero-order valence-electron chi connectivity index (χ0n) is 16.0. The van der Waals surface area contributed by atoms with Crippen molar-refractivity contribution in [3.63, 3.8) is 0 Å². The molecule has 1 aliphatic heterocycles. The van der Waals surface area contributed by atoms with E-state index in [-0.39, 0.29) is 5.41 Å². The van der Waals surface area contributed by atoms with Crippen LogP contribution in [0.2, 0.25) is 0 Å². The number of hydrogen-bond donors (Lipinski definition) is 1. The minimum absolute atomic E-state index is 0.0942. The molecule has 0 aromatic heterocycles. The molecule has 3 heteroatoms. The highest BCUT2D eigenvalue weighted by Gasteiger charge is 2.49. The summed E-state index contributed by atoms with van der Waals surface area (Å²) in [5.74, 6) is 0. The zero-order valence-corrected chi connectivity index (χ0v) is 16.9. The van der Waals surface area contributed by atoms with E-state index in [1.165, 1.54) is 0 Å². The van der Waals surface area contributed by atoms with E-state index in [2.05, 4.69) is 20.8 Å². The summed E-state index contributed by atoms with van der Waals surface area (Å²) in [5.41, 5.74) is 0.286. The van der Waals surface area contributed by atoms with Crippen LogP contribution in [0.25, 0.3) is 0 Å². The Labute approximate surface area is 161 Å². The lowest BCUT2D eigenvalue weighted by Gasteiger charge is -2.43. The Kier molecular flexibility index (Phi) is 4.18. The van der Waals surface area contributed by atoms with Gasteiger partial charge in [0.1, 0.15) is 5.60 Å². The van der Waals surface area contributed by atoms with Crippen LogP contribution < -0.4 is 15.9 Å². The van der Waals surface area contributed by atoms with Crippen LogP contribution in [0, 0.1) is 5.41 Å². The Balaban J connectivity index is 2.10. The first-order valence-corrected chi connectivity index (χ1v) is 11.1. The average Bonchev–Trinajstić information content (AvgIpc) is 2.66. The van der Waals surface area contributed by atoms with Crippen molar-refractivity contribution in [3.8, 4) is 0 Å². The monoisotopic (exact) mass is 376 g/mol. The SMILES string of the molecule is CC(C)(C)CC1(O)c2ccccc2P(=O)(c2ccccc2)c2ccccc21. The molecule has 0 saturated carbocycles. The summed E-state index contributed by atoms with van der Waals surface area (Å²) in [6.07, 6.45) is 0.558. The van der Waals surface area contributed by atoms with Crippen LogP contribution in [0.5, 0.6) is 0 Å². The molecule has 0 bridgehead atoms. The molecule has 3 aromatic rings. The number of hydrogen-bond acceptors (Lipinski definition) is 2. The summed E-state index contributed by atoms with van der Waals surface area (Å²) in [6.45, 7) is 6.38. The first-order valence-electron chi connectivity index (χ1n) is 9.35. The minimum atomic E-state index is -3.05. The highest BCUT2D eigenvalue weighted by Crippen LogP contribution is 2.53.